The second-order valence-electron chi connectivity index (χ2n) is 5.31. The third kappa shape index (κ3) is 1.46. The average molecular weight is 298 g/mol. The van der Waals surface area contributed by atoms with Crippen LogP contribution >= 0.6 is 15.9 Å². The highest BCUT2D eigenvalue weighted by molar-refractivity contribution is 9.10. The molecule has 1 heterocycles. The number of nitrogens with zero attached hydrogens (tertiary/aromatic N) is 1. The van der Waals surface area contributed by atoms with Crippen LogP contribution in [0.1, 0.15) is 32.3 Å². The molecule has 4 heteroatoms. The highest BCUT2D eigenvalue weighted by Gasteiger charge is 2.49. The summed E-state index contributed by atoms with van der Waals surface area (Å²) in [5, 5.41) is 0. The second-order valence-corrected chi connectivity index (χ2v) is 6.17. The number of carbonyl (C=O) groups excluding carboxylic acids is 1. The third-order valence-electron chi connectivity index (χ3n) is 3.64. The maximum absolute atomic E-state index is 13.6. The zero-order chi connectivity index (χ0) is 12.4. The van der Waals surface area contributed by atoms with E-state index in [0.29, 0.717) is 10.5 Å². The molecule has 2 nitrogen and oxygen atoms in total. The lowest BCUT2D eigenvalue weighted by Gasteiger charge is -2.19. The molecule has 3 rings (SSSR count). The Bertz CT molecular complexity index is 522. The molecule has 0 N–H and O–H groups in total. The molecular formula is C13H13BrFNO. The van der Waals surface area contributed by atoms with E-state index in [1.807, 2.05) is 18.7 Å². The van der Waals surface area contributed by atoms with Crippen LogP contribution < -0.4 is 4.90 Å². The molecule has 17 heavy (non-hydrogen) atoms. The van der Waals surface area contributed by atoms with Crippen LogP contribution in [0.5, 0.6) is 0 Å². The van der Waals surface area contributed by atoms with E-state index < -0.39 is 5.41 Å². The summed E-state index contributed by atoms with van der Waals surface area (Å²) in [6.45, 7) is 3.73. The van der Waals surface area contributed by atoms with Crippen LogP contribution in [-0.2, 0) is 10.2 Å². The van der Waals surface area contributed by atoms with E-state index in [9.17, 15) is 9.18 Å². The van der Waals surface area contributed by atoms with Crippen molar-refractivity contribution < 1.29 is 9.18 Å². The van der Waals surface area contributed by atoms with Crippen LogP contribution in [0.2, 0.25) is 0 Å². The van der Waals surface area contributed by atoms with Crippen LogP contribution in [-0.4, -0.2) is 11.9 Å². The fraction of sp³-hybridized carbons (Fsp3) is 0.462. The first-order valence-corrected chi connectivity index (χ1v) is 6.55. The Kier molecular flexibility index (Phi) is 2.18. The van der Waals surface area contributed by atoms with E-state index in [1.165, 1.54) is 6.07 Å². The van der Waals surface area contributed by atoms with E-state index in [0.717, 1.165) is 24.1 Å². The summed E-state index contributed by atoms with van der Waals surface area (Å²) in [6, 6.07) is 3.54. The zero-order valence-electron chi connectivity index (χ0n) is 9.76. The molecule has 0 spiro atoms. The summed E-state index contributed by atoms with van der Waals surface area (Å²) in [4.78, 5) is 14.2. The van der Waals surface area contributed by atoms with E-state index in [2.05, 4.69) is 15.9 Å². The topological polar surface area (TPSA) is 20.3 Å². The lowest BCUT2D eigenvalue weighted by Crippen LogP contribution is -2.37. The highest BCUT2D eigenvalue weighted by Crippen LogP contribution is 2.47. The van der Waals surface area contributed by atoms with Crippen molar-refractivity contribution in [3.05, 3.63) is 28.0 Å². The smallest absolute Gasteiger partial charge is 0.237 e. The van der Waals surface area contributed by atoms with Gasteiger partial charge in [0.15, 0.2) is 0 Å². The number of rotatable bonds is 1. The number of hydrogen-bond donors (Lipinski definition) is 0. The molecule has 1 saturated carbocycles. The van der Waals surface area contributed by atoms with Gasteiger partial charge in [0, 0.05) is 11.7 Å². The summed E-state index contributed by atoms with van der Waals surface area (Å²) in [5.74, 6) is -0.213. The van der Waals surface area contributed by atoms with Crippen LogP contribution in [0.4, 0.5) is 10.1 Å². The van der Waals surface area contributed by atoms with Crippen LogP contribution in [0.3, 0.4) is 0 Å². The maximum Gasteiger partial charge on any atom is 0.237 e. The number of carbonyl (C=O) groups is 1. The molecule has 2 aliphatic rings. The first-order chi connectivity index (χ1) is 7.93. The molecule has 0 radical (unpaired) electrons. The number of hydrogen-bond acceptors (Lipinski definition) is 1. The minimum absolute atomic E-state index is 0.0903. The lowest BCUT2D eigenvalue weighted by molar-refractivity contribution is -0.122. The lowest BCUT2D eigenvalue weighted by atomic mass is 9.86. The average Bonchev–Trinajstić information content (AvgIpc) is 3.04. The largest absolute Gasteiger partial charge is 0.308 e. The van der Waals surface area contributed by atoms with Gasteiger partial charge in [0.1, 0.15) is 5.82 Å². The van der Waals surface area contributed by atoms with Gasteiger partial charge in [-0.2, -0.15) is 0 Å². The van der Waals surface area contributed by atoms with Crippen molar-refractivity contribution in [3.8, 4) is 0 Å². The Hall–Kier alpha value is -0.900. The minimum atomic E-state index is -0.612. The van der Waals surface area contributed by atoms with Crippen LogP contribution in [0, 0.1) is 5.82 Å². The quantitative estimate of drug-likeness (QED) is 0.778. The van der Waals surface area contributed by atoms with Gasteiger partial charge < -0.3 is 4.90 Å². The standard InChI is InChI=1S/C13H13BrFNO/c1-13(2)8-5-10(15)9(14)6-11(8)16(12(13)17)7-3-4-7/h5-7H,3-4H2,1-2H3. The number of anilines is 1. The van der Waals surface area contributed by atoms with Crippen molar-refractivity contribution in [2.45, 2.75) is 38.1 Å². The molecule has 0 saturated heterocycles. The number of benzene rings is 1. The minimum Gasteiger partial charge on any atom is -0.308 e. The molecule has 1 aromatic carbocycles. The van der Waals surface area contributed by atoms with Gasteiger partial charge in [0.2, 0.25) is 5.91 Å². The van der Waals surface area contributed by atoms with Crippen LogP contribution in [0.25, 0.3) is 0 Å². The fourth-order valence-electron chi connectivity index (χ4n) is 2.46. The predicted octanol–water partition coefficient (Wildman–Crippen LogP) is 3.37. The monoisotopic (exact) mass is 297 g/mol. The van der Waals surface area contributed by atoms with Gasteiger partial charge >= 0.3 is 0 Å². The Labute approximate surface area is 108 Å². The van der Waals surface area contributed by atoms with Crippen molar-refractivity contribution in [2.75, 3.05) is 4.90 Å². The van der Waals surface area contributed by atoms with Gasteiger partial charge in [0.25, 0.3) is 0 Å². The van der Waals surface area contributed by atoms with E-state index in [4.69, 9.17) is 0 Å². The number of fused-ring (bicyclic) bond motifs is 1. The van der Waals surface area contributed by atoms with Crippen molar-refractivity contribution in [2.24, 2.45) is 0 Å². The molecule has 1 aliphatic heterocycles. The summed E-state index contributed by atoms with van der Waals surface area (Å²) in [5.41, 5.74) is 1.06. The van der Waals surface area contributed by atoms with Gasteiger partial charge in [-0.1, -0.05) is 0 Å². The summed E-state index contributed by atoms with van der Waals surface area (Å²) in [7, 11) is 0. The second kappa shape index (κ2) is 3.31. The fourth-order valence-corrected chi connectivity index (χ4v) is 2.79. The Balaban J connectivity index is 2.22. The molecule has 0 atom stereocenters. The third-order valence-corrected chi connectivity index (χ3v) is 4.24. The normalized spacial score (nSPS) is 21.9. The van der Waals surface area contributed by atoms with Crippen molar-refractivity contribution in [3.63, 3.8) is 0 Å². The first kappa shape index (κ1) is 11.2. The van der Waals surface area contributed by atoms with Gasteiger partial charge in [-0.15, -0.1) is 0 Å². The predicted molar refractivity (Wildman–Crippen MR) is 67.6 cm³/mol. The van der Waals surface area contributed by atoms with Crippen LogP contribution in [0.15, 0.2) is 16.6 Å². The van der Waals surface area contributed by atoms with Crippen molar-refractivity contribution in [1.29, 1.82) is 0 Å². The molecule has 1 aromatic rings. The van der Waals surface area contributed by atoms with Gasteiger partial charge in [0.05, 0.1) is 9.89 Å². The maximum atomic E-state index is 13.6. The van der Waals surface area contributed by atoms with E-state index in [-0.39, 0.29) is 11.7 Å². The van der Waals surface area contributed by atoms with E-state index in [1.54, 1.807) is 6.07 Å². The number of halogens is 2. The summed E-state index contributed by atoms with van der Waals surface area (Å²) < 4.78 is 14.0. The molecule has 0 bridgehead atoms. The highest BCUT2D eigenvalue weighted by atomic mass is 79.9. The summed E-state index contributed by atoms with van der Waals surface area (Å²) >= 11 is 3.19. The molecule has 1 fully saturated rings. The molecule has 90 valence electrons. The molecule has 0 aromatic heterocycles. The zero-order valence-corrected chi connectivity index (χ0v) is 11.3. The van der Waals surface area contributed by atoms with Crippen molar-refractivity contribution in [1.82, 2.24) is 0 Å². The Morgan fingerprint density at radius 3 is 2.65 bits per heavy atom. The van der Waals surface area contributed by atoms with Crippen molar-refractivity contribution >= 4 is 27.5 Å². The Morgan fingerprint density at radius 1 is 1.41 bits per heavy atom. The van der Waals surface area contributed by atoms with Gasteiger partial charge in [-0.3, -0.25) is 4.79 Å². The molecule has 0 unspecified atom stereocenters. The summed E-state index contributed by atoms with van der Waals surface area (Å²) in [6.07, 6.45) is 2.10. The molecule has 1 aliphatic carbocycles. The SMILES string of the molecule is CC1(C)C(=O)N(C2CC2)c2cc(Br)c(F)cc21. The van der Waals surface area contributed by atoms with Gasteiger partial charge in [-0.25, -0.2) is 4.39 Å². The number of amides is 1. The molecule has 1 amide bonds. The van der Waals surface area contributed by atoms with Gasteiger partial charge in [-0.05, 0) is 60.3 Å². The Morgan fingerprint density at radius 2 is 2.06 bits per heavy atom. The van der Waals surface area contributed by atoms with E-state index >= 15 is 0 Å². The first-order valence-electron chi connectivity index (χ1n) is 5.76. The molecular weight excluding hydrogens is 285 g/mol.